The molecule has 1 saturated carbocycles. The van der Waals surface area contributed by atoms with Crippen LogP contribution in [0.1, 0.15) is 36.9 Å². The third-order valence-electron chi connectivity index (χ3n) is 4.07. The summed E-state index contributed by atoms with van der Waals surface area (Å²) < 4.78 is 13.9. The Kier molecular flexibility index (Phi) is 4.55. The largest absolute Gasteiger partial charge is 0.331 e. The number of halogens is 1. The van der Waals surface area contributed by atoms with E-state index in [1.807, 2.05) is 19.1 Å². The van der Waals surface area contributed by atoms with Crippen molar-refractivity contribution in [1.82, 2.24) is 15.2 Å². The first kappa shape index (κ1) is 15.5. The van der Waals surface area contributed by atoms with E-state index in [0.717, 1.165) is 18.4 Å². The minimum Gasteiger partial charge on any atom is -0.331 e. The fourth-order valence-corrected chi connectivity index (χ4v) is 2.55. The molecule has 0 aliphatic heterocycles. The summed E-state index contributed by atoms with van der Waals surface area (Å²) in [6.07, 6.45) is 5.39. The number of aromatic nitrogens is 1. The highest BCUT2D eigenvalue weighted by Gasteiger charge is 2.33. The fourth-order valence-electron chi connectivity index (χ4n) is 2.55. The molecule has 120 valence electrons. The summed E-state index contributed by atoms with van der Waals surface area (Å²) in [4.78, 5) is 18.4. The molecule has 1 heterocycles. The molecule has 1 aliphatic carbocycles. The van der Waals surface area contributed by atoms with Gasteiger partial charge in [0.25, 0.3) is 0 Å². The monoisotopic (exact) mass is 313 g/mol. The molecule has 1 fully saturated rings. The number of amides is 2. The van der Waals surface area contributed by atoms with Crippen molar-refractivity contribution in [1.29, 1.82) is 0 Å². The Morgan fingerprint density at radius 1 is 1.35 bits per heavy atom. The summed E-state index contributed by atoms with van der Waals surface area (Å²) in [7, 11) is 0. The maximum Gasteiger partial charge on any atom is 0.318 e. The lowest BCUT2D eigenvalue weighted by molar-refractivity contribution is 0.188. The Bertz CT molecular complexity index is 673. The number of carbonyl (C=O) groups excluding carboxylic acids is 1. The zero-order chi connectivity index (χ0) is 16.2. The molecule has 1 aliphatic rings. The summed E-state index contributed by atoms with van der Waals surface area (Å²) in [6.45, 7) is 2.21. The van der Waals surface area contributed by atoms with Gasteiger partial charge >= 0.3 is 6.03 Å². The summed E-state index contributed by atoms with van der Waals surface area (Å²) in [5, 5.41) is 2.98. The first-order chi connectivity index (χ1) is 11.1. The smallest absolute Gasteiger partial charge is 0.318 e. The minimum absolute atomic E-state index is 0.141. The number of hydrogen-bond acceptors (Lipinski definition) is 2. The molecule has 1 atom stereocenters. The predicted molar refractivity (Wildman–Crippen MR) is 86.1 cm³/mol. The lowest BCUT2D eigenvalue weighted by atomic mass is 10.1. The van der Waals surface area contributed by atoms with Crippen molar-refractivity contribution in [3.8, 4) is 0 Å². The van der Waals surface area contributed by atoms with Gasteiger partial charge in [-0.25, -0.2) is 9.18 Å². The van der Waals surface area contributed by atoms with Crippen LogP contribution in [-0.4, -0.2) is 22.0 Å². The number of nitrogens with one attached hydrogen (secondary N) is 1. The molecule has 5 heteroatoms. The molecule has 3 rings (SSSR count). The average molecular weight is 313 g/mol. The molecule has 0 unspecified atom stereocenters. The average Bonchev–Trinajstić information content (AvgIpc) is 3.39. The molecule has 1 N–H and O–H groups in total. The number of nitrogens with zero attached hydrogens (tertiary/aromatic N) is 2. The topological polar surface area (TPSA) is 45.2 Å². The van der Waals surface area contributed by atoms with Gasteiger partial charge in [0.05, 0.1) is 12.6 Å². The second-order valence-electron chi connectivity index (χ2n) is 5.91. The van der Waals surface area contributed by atoms with E-state index in [1.54, 1.807) is 35.5 Å². The van der Waals surface area contributed by atoms with Gasteiger partial charge in [0.2, 0.25) is 0 Å². The molecule has 4 nitrogen and oxygen atoms in total. The molecule has 2 aromatic rings. The summed E-state index contributed by atoms with van der Waals surface area (Å²) in [5.41, 5.74) is 1.49. The van der Waals surface area contributed by atoms with E-state index in [0.29, 0.717) is 12.1 Å². The summed E-state index contributed by atoms with van der Waals surface area (Å²) >= 11 is 0. The lowest BCUT2D eigenvalue weighted by Crippen LogP contribution is -2.42. The van der Waals surface area contributed by atoms with Crippen molar-refractivity contribution in [3.05, 3.63) is 65.7 Å². The number of pyridine rings is 1. The predicted octanol–water partition coefficient (Wildman–Crippen LogP) is 3.66. The van der Waals surface area contributed by atoms with Crippen LogP contribution in [0.25, 0.3) is 0 Å². The lowest BCUT2D eigenvalue weighted by Gasteiger charge is -2.25. The Hall–Kier alpha value is -2.43. The van der Waals surface area contributed by atoms with Gasteiger partial charge in [-0.15, -0.1) is 0 Å². The number of rotatable bonds is 5. The van der Waals surface area contributed by atoms with E-state index >= 15 is 0 Å². The van der Waals surface area contributed by atoms with E-state index in [-0.39, 0.29) is 23.9 Å². The first-order valence-electron chi connectivity index (χ1n) is 7.85. The Morgan fingerprint density at radius 2 is 2.13 bits per heavy atom. The van der Waals surface area contributed by atoms with Crippen LogP contribution in [0.3, 0.4) is 0 Å². The number of benzene rings is 1. The van der Waals surface area contributed by atoms with Crippen LogP contribution in [-0.2, 0) is 6.54 Å². The Labute approximate surface area is 135 Å². The molecule has 0 radical (unpaired) electrons. The van der Waals surface area contributed by atoms with Gasteiger partial charge in [-0.2, -0.15) is 0 Å². The van der Waals surface area contributed by atoms with Gasteiger partial charge in [0, 0.05) is 24.0 Å². The molecule has 1 aromatic heterocycles. The van der Waals surface area contributed by atoms with E-state index in [2.05, 4.69) is 10.3 Å². The highest BCUT2D eigenvalue weighted by Crippen LogP contribution is 2.29. The van der Waals surface area contributed by atoms with Gasteiger partial charge in [0.15, 0.2) is 0 Å². The standard InChI is InChI=1S/C18H20FN3O/c1-13(14-6-4-10-20-11-14)21-18(23)22(16-8-9-16)12-15-5-2-3-7-17(15)19/h2-7,10-11,13,16H,8-9,12H2,1H3,(H,21,23)/t13-/m1/s1. The van der Waals surface area contributed by atoms with Crippen LogP contribution >= 0.6 is 0 Å². The number of carbonyl (C=O) groups is 1. The van der Waals surface area contributed by atoms with Crippen molar-refractivity contribution >= 4 is 6.03 Å². The molecular weight excluding hydrogens is 293 g/mol. The maximum atomic E-state index is 13.9. The Balaban J connectivity index is 1.69. The maximum absolute atomic E-state index is 13.9. The highest BCUT2D eigenvalue weighted by atomic mass is 19.1. The molecule has 0 saturated heterocycles. The van der Waals surface area contributed by atoms with Crippen LogP contribution < -0.4 is 5.32 Å². The van der Waals surface area contributed by atoms with Crippen molar-refractivity contribution in [2.24, 2.45) is 0 Å². The van der Waals surface area contributed by atoms with Gasteiger partial charge in [-0.1, -0.05) is 24.3 Å². The van der Waals surface area contributed by atoms with Crippen LogP contribution in [0.4, 0.5) is 9.18 Å². The van der Waals surface area contributed by atoms with Crippen molar-refractivity contribution in [2.75, 3.05) is 0 Å². The van der Waals surface area contributed by atoms with E-state index in [4.69, 9.17) is 0 Å². The van der Waals surface area contributed by atoms with E-state index in [1.165, 1.54) is 6.07 Å². The molecule has 0 spiro atoms. The van der Waals surface area contributed by atoms with Crippen LogP contribution in [0, 0.1) is 5.82 Å². The zero-order valence-electron chi connectivity index (χ0n) is 13.1. The highest BCUT2D eigenvalue weighted by molar-refractivity contribution is 5.75. The van der Waals surface area contributed by atoms with Crippen LogP contribution in [0.5, 0.6) is 0 Å². The van der Waals surface area contributed by atoms with E-state index in [9.17, 15) is 9.18 Å². The minimum atomic E-state index is -0.272. The van der Waals surface area contributed by atoms with Gasteiger partial charge < -0.3 is 10.2 Å². The number of urea groups is 1. The van der Waals surface area contributed by atoms with E-state index < -0.39 is 0 Å². The summed E-state index contributed by atoms with van der Waals surface area (Å²) in [6, 6.07) is 10.3. The van der Waals surface area contributed by atoms with Crippen LogP contribution in [0.2, 0.25) is 0 Å². The molecule has 23 heavy (non-hydrogen) atoms. The van der Waals surface area contributed by atoms with Gasteiger partial charge in [-0.3, -0.25) is 4.98 Å². The number of hydrogen-bond donors (Lipinski definition) is 1. The fraction of sp³-hybridized carbons (Fsp3) is 0.333. The molecule has 0 bridgehead atoms. The third-order valence-corrected chi connectivity index (χ3v) is 4.07. The van der Waals surface area contributed by atoms with Crippen molar-refractivity contribution in [3.63, 3.8) is 0 Å². The van der Waals surface area contributed by atoms with Gasteiger partial charge in [0.1, 0.15) is 5.82 Å². The third kappa shape index (κ3) is 3.86. The molecule has 1 aromatic carbocycles. The molecular formula is C18H20FN3O. The normalized spacial score (nSPS) is 15.0. The Morgan fingerprint density at radius 3 is 2.78 bits per heavy atom. The van der Waals surface area contributed by atoms with Crippen molar-refractivity contribution in [2.45, 2.75) is 38.4 Å². The summed E-state index contributed by atoms with van der Waals surface area (Å²) in [5.74, 6) is -0.272. The van der Waals surface area contributed by atoms with Crippen LogP contribution in [0.15, 0.2) is 48.8 Å². The quantitative estimate of drug-likeness (QED) is 0.915. The SMILES string of the molecule is C[C@@H](NC(=O)N(Cc1ccccc1F)C1CC1)c1cccnc1. The molecule has 2 amide bonds. The second-order valence-corrected chi connectivity index (χ2v) is 5.91. The van der Waals surface area contributed by atoms with Gasteiger partial charge in [-0.05, 0) is 37.5 Å². The first-order valence-corrected chi connectivity index (χ1v) is 7.85. The van der Waals surface area contributed by atoms with Crippen molar-refractivity contribution < 1.29 is 9.18 Å². The second kappa shape index (κ2) is 6.77. The zero-order valence-corrected chi connectivity index (χ0v) is 13.1.